The first-order chi connectivity index (χ1) is 14.6. The molecule has 0 aromatic heterocycles. The summed E-state index contributed by atoms with van der Waals surface area (Å²) in [6, 6.07) is 0. The third kappa shape index (κ3) is 31.0. The van der Waals surface area contributed by atoms with Crippen LogP contribution in [-0.4, -0.2) is 88.7 Å². The van der Waals surface area contributed by atoms with Gasteiger partial charge in [0.1, 0.15) is 17.7 Å². The molecule has 10 nitrogen and oxygen atoms in total. The minimum atomic E-state index is -0.954. The zero-order valence-electron chi connectivity index (χ0n) is 23.3. The van der Waals surface area contributed by atoms with Gasteiger partial charge in [0.25, 0.3) is 0 Å². The van der Waals surface area contributed by atoms with Gasteiger partial charge in [-0.2, -0.15) is 0 Å². The Kier molecular flexibility index (Phi) is 25.6. The normalized spacial score (nSPS) is 21.4. The van der Waals surface area contributed by atoms with Crippen LogP contribution >= 0.6 is 0 Å². The molecule has 0 amide bonds. The van der Waals surface area contributed by atoms with Crippen LogP contribution in [0.1, 0.15) is 83.5 Å². The van der Waals surface area contributed by atoms with E-state index in [4.69, 9.17) is 34.3 Å². The second-order valence-corrected chi connectivity index (χ2v) is 8.55. The molecule has 33 heavy (non-hydrogen) atoms. The zero-order valence-corrected chi connectivity index (χ0v) is 22.3. The van der Waals surface area contributed by atoms with E-state index >= 15 is 0 Å². The van der Waals surface area contributed by atoms with Crippen LogP contribution < -0.4 is 0 Å². The molecule has 2 rings (SSSR count). The first kappa shape index (κ1) is 39.2. The lowest BCUT2D eigenvalue weighted by atomic mass is 10.3. The first-order valence-corrected chi connectivity index (χ1v) is 11.0. The Morgan fingerprint density at radius 1 is 0.818 bits per heavy atom. The van der Waals surface area contributed by atoms with Crippen molar-refractivity contribution in [3.05, 3.63) is 0 Å². The number of hydrogen-bond acceptors (Lipinski definition) is 9. The van der Waals surface area contributed by atoms with Crippen molar-refractivity contribution < 1.29 is 50.8 Å². The molecule has 0 aliphatic carbocycles. The summed E-state index contributed by atoms with van der Waals surface area (Å²) in [4.78, 5) is 18.9. The molecule has 2 saturated heterocycles. The van der Waals surface area contributed by atoms with Gasteiger partial charge in [0, 0.05) is 0 Å². The van der Waals surface area contributed by atoms with Crippen LogP contribution in [0, 0.1) is 0 Å². The molecule has 10 heteroatoms. The molecular formula is C23H51O10+. The van der Waals surface area contributed by atoms with Crippen LogP contribution in [0.15, 0.2) is 0 Å². The molecule has 0 radical (unpaired) electrons. The first-order valence-electron chi connectivity index (χ1n) is 11.0. The van der Waals surface area contributed by atoms with Gasteiger partial charge in [-0.05, 0) is 68.2 Å². The third-order valence-electron chi connectivity index (χ3n) is 3.47. The monoisotopic (exact) mass is 487 g/mol. The van der Waals surface area contributed by atoms with Crippen molar-refractivity contribution in [2.45, 2.75) is 112 Å². The number of aliphatic hydroxyl groups excluding tert-OH is 3. The van der Waals surface area contributed by atoms with Crippen LogP contribution in [0.4, 0.5) is 0 Å². The number of carbonyl (C=O) groups is 2. The van der Waals surface area contributed by atoms with Gasteiger partial charge in [0.15, 0.2) is 11.6 Å². The number of aliphatic hydroxyl groups is 3. The van der Waals surface area contributed by atoms with Gasteiger partial charge in [-0.3, -0.25) is 0 Å². The summed E-state index contributed by atoms with van der Waals surface area (Å²) >= 11 is 0. The molecule has 5 N–H and O–H groups in total. The summed E-state index contributed by atoms with van der Waals surface area (Å²) in [5, 5.41) is 24.0. The van der Waals surface area contributed by atoms with Crippen molar-refractivity contribution in [1.82, 2.24) is 0 Å². The Bertz CT molecular complexity index is 436. The maximum absolute atomic E-state index is 9.44. The largest absolute Gasteiger partial charge is 1.00 e. The fourth-order valence-corrected chi connectivity index (χ4v) is 1.99. The highest BCUT2D eigenvalue weighted by atomic mass is 16.7. The van der Waals surface area contributed by atoms with E-state index in [0.29, 0.717) is 12.2 Å². The third-order valence-corrected chi connectivity index (χ3v) is 3.47. The van der Waals surface area contributed by atoms with Gasteiger partial charge in [-0.25, -0.2) is 0 Å². The molecule has 2 fully saturated rings. The van der Waals surface area contributed by atoms with E-state index in [1.165, 1.54) is 27.7 Å². The highest BCUT2D eigenvalue weighted by Crippen LogP contribution is 2.24. The summed E-state index contributed by atoms with van der Waals surface area (Å²) in [5.41, 5.74) is 0. The van der Waals surface area contributed by atoms with E-state index in [9.17, 15) is 9.59 Å². The Morgan fingerprint density at radius 2 is 1.06 bits per heavy atom. The van der Waals surface area contributed by atoms with Crippen LogP contribution in [0.5, 0.6) is 0 Å². The van der Waals surface area contributed by atoms with E-state index in [0.717, 1.165) is 26.1 Å². The van der Waals surface area contributed by atoms with Gasteiger partial charge in [0.05, 0.1) is 38.6 Å². The minimum absolute atomic E-state index is 0. The Labute approximate surface area is 201 Å². The maximum atomic E-state index is 9.44. The number of ether oxygens (including phenoxy) is 4. The number of ketones is 2. The molecule has 0 spiro atoms. The van der Waals surface area contributed by atoms with E-state index < -0.39 is 6.10 Å². The van der Waals surface area contributed by atoms with E-state index in [2.05, 4.69) is 13.8 Å². The highest BCUT2D eigenvalue weighted by Gasteiger charge is 2.31. The Balaban J connectivity index is -0.000000106. The van der Waals surface area contributed by atoms with Gasteiger partial charge >= 0.3 is 1.43 Å². The summed E-state index contributed by atoms with van der Waals surface area (Å²) in [6.07, 6.45) is 1.78. The topological polar surface area (TPSA) is 163 Å². The molecule has 2 aliphatic rings. The summed E-state index contributed by atoms with van der Waals surface area (Å²) in [5.74, 6) is -0.332. The fraction of sp³-hybridized carbons (Fsp3) is 0.913. The van der Waals surface area contributed by atoms with Gasteiger partial charge in [0.2, 0.25) is 0 Å². The molecule has 0 bridgehead atoms. The highest BCUT2D eigenvalue weighted by molar-refractivity contribution is 5.72. The van der Waals surface area contributed by atoms with Gasteiger partial charge in [-0.15, -0.1) is 0 Å². The lowest BCUT2D eigenvalue weighted by Gasteiger charge is -2.16. The molecule has 202 valence electrons. The van der Waals surface area contributed by atoms with E-state index in [-0.39, 0.29) is 43.3 Å². The number of hydrogen-bond donors (Lipinski definition) is 3. The fourth-order valence-electron chi connectivity index (χ4n) is 1.99. The second kappa shape index (κ2) is 21.5. The van der Waals surface area contributed by atoms with Crippen molar-refractivity contribution >= 4 is 11.6 Å². The molecular weight excluding hydrogens is 436 g/mol. The van der Waals surface area contributed by atoms with Crippen molar-refractivity contribution in [3.63, 3.8) is 0 Å². The average molecular weight is 488 g/mol. The van der Waals surface area contributed by atoms with Crippen molar-refractivity contribution in [2.75, 3.05) is 26.4 Å². The van der Waals surface area contributed by atoms with Crippen molar-refractivity contribution in [2.24, 2.45) is 0 Å². The zero-order chi connectivity index (χ0) is 26.0. The number of rotatable bonds is 4. The lowest BCUT2D eigenvalue weighted by molar-refractivity contribution is -0.138. The number of Topliss-reactive ketones (excluding diaryl/α,β-unsaturated/α-hetero) is 2. The molecule has 2 atom stereocenters. The average Bonchev–Trinajstić information content (AvgIpc) is 3.21. The molecule has 2 heterocycles. The Morgan fingerprint density at radius 3 is 1.12 bits per heavy atom. The molecule has 0 aromatic rings. The van der Waals surface area contributed by atoms with E-state index in [1.807, 2.05) is 27.7 Å². The van der Waals surface area contributed by atoms with Crippen molar-refractivity contribution in [3.8, 4) is 0 Å². The summed E-state index contributed by atoms with van der Waals surface area (Å²) < 4.78 is 21.6. The lowest BCUT2D eigenvalue weighted by Crippen LogP contribution is -2.21. The maximum Gasteiger partial charge on any atom is 1.00 e. The SMILES string of the molecule is CC(C)=O.CC(C)=O.CCC1COC(C)(C)O1.CCC1COC(C)(C)O1.O.OCC(O)CO.[H+]. The van der Waals surface area contributed by atoms with Gasteiger partial charge < -0.3 is 49.3 Å². The quantitative estimate of drug-likeness (QED) is 0.537. The summed E-state index contributed by atoms with van der Waals surface area (Å²) in [7, 11) is 0. The standard InChI is InChI=1S/2C7H14O2.C3H8O3.2C3H6O.H2O/c2*1-4-6-5-8-7(2,3)9-6;4-1-3(6)2-5;2*1-3(2)4;/h2*6H,4-5H2,1-3H3;3-6H,1-2H2;2*1-2H3;1H2/p+1. The van der Waals surface area contributed by atoms with Crippen LogP contribution in [0.3, 0.4) is 0 Å². The van der Waals surface area contributed by atoms with Crippen LogP contribution in [0.25, 0.3) is 0 Å². The smallest absolute Gasteiger partial charge is 0.412 e. The molecule has 0 saturated carbocycles. The Hall–Kier alpha value is -0.980. The molecule has 0 aromatic carbocycles. The van der Waals surface area contributed by atoms with E-state index in [1.54, 1.807) is 0 Å². The predicted molar refractivity (Wildman–Crippen MR) is 128 cm³/mol. The minimum Gasteiger partial charge on any atom is -0.412 e. The number of carbonyl (C=O) groups excluding carboxylic acids is 2. The van der Waals surface area contributed by atoms with Gasteiger partial charge in [-0.1, -0.05) is 13.8 Å². The van der Waals surface area contributed by atoms with Crippen LogP contribution in [-0.2, 0) is 28.5 Å². The van der Waals surface area contributed by atoms with Crippen molar-refractivity contribution in [1.29, 1.82) is 0 Å². The molecule has 2 aliphatic heterocycles. The molecule has 2 unspecified atom stereocenters. The predicted octanol–water partition coefficient (Wildman–Crippen LogP) is 1.91. The van der Waals surface area contributed by atoms with Crippen LogP contribution in [0.2, 0.25) is 0 Å². The summed E-state index contributed by atoms with van der Waals surface area (Å²) in [6.45, 7) is 18.9. The second-order valence-electron chi connectivity index (χ2n) is 8.55.